The summed E-state index contributed by atoms with van der Waals surface area (Å²) in [5.74, 6) is -0.741. The monoisotopic (exact) mass is 263 g/mol. The summed E-state index contributed by atoms with van der Waals surface area (Å²) in [6.45, 7) is 0.723. The predicted molar refractivity (Wildman–Crippen MR) is 63.9 cm³/mol. The number of unbranched alkanes of at least 4 members (excludes halogenated alkanes) is 4. The quantitative estimate of drug-likeness (QED) is 0.188. The van der Waals surface area contributed by atoms with Crippen LogP contribution in [0.5, 0.6) is 0 Å². The third-order valence-corrected chi connectivity index (χ3v) is 2.08. The molecule has 0 bridgehead atoms. The Kier molecular flexibility index (Phi) is 11.1. The average Bonchev–Trinajstić information content (AvgIpc) is 2.29. The molecule has 0 aliphatic heterocycles. The third-order valence-electron chi connectivity index (χ3n) is 2.08. The highest BCUT2D eigenvalue weighted by Gasteiger charge is 1.96. The van der Waals surface area contributed by atoms with E-state index in [-0.39, 0.29) is 6.42 Å². The molecule has 0 heterocycles. The van der Waals surface area contributed by atoms with Crippen molar-refractivity contribution in [1.29, 1.82) is 0 Å². The molecule has 0 aromatic carbocycles. The summed E-state index contributed by atoms with van der Waals surface area (Å²) >= 11 is 0. The minimum atomic E-state index is -1.19. The molecular weight excluding hydrogens is 242 g/mol. The molecule has 0 unspecified atom stereocenters. The molecule has 0 fully saturated rings. The predicted octanol–water partition coefficient (Wildman–Crippen LogP) is -0.302. The van der Waals surface area contributed by atoms with Gasteiger partial charge in [0.25, 0.3) is 0 Å². The SMILES string of the molecule is O=C(O)CCCCCCCNNNNNC(=O)O. The van der Waals surface area contributed by atoms with E-state index in [2.05, 4.69) is 22.0 Å². The van der Waals surface area contributed by atoms with Crippen molar-refractivity contribution in [2.24, 2.45) is 0 Å². The maximum absolute atomic E-state index is 10.2. The van der Waals surface area contributed by atoms with Gasteiger partial charge in [0.2, 0.25) is 0 Å². The summed E-state index contributed by atoms with van der Waals surface area (Å²) < 4.78 is 0. The van der Waals surface area contributed by atoms with E-state index in [0.717, 1.165) is 38.6 Å². The number of nitrogens with one attached hydrogen (secondary N) is 5. The summed E-state index contributed by atoms with van der Waals surface area (Å²) in [5.41, 5.74) is 11.8. The number of hydrazine groups is 4. The lowest BCUT2D eigenvalue weighted by molar-refractivity contribution is -0.137. The Morgan fingerprint density at radius 3 is 2.17 bits per heavy atom. The topological polar surface area (TPSA) is 135 Å². The average molecular weight is 263 g/mol. The van der Waals surface area contributed by atoms with Crippen molar-refractivity contribution in [1.82, 2.24) is 27.5 Å². The van der Waals surface area contributed by atoms with E-state index in [9.17, 15) is 9.59 Å². The van der Waals surface area contributed by atoms with Crippen LogP contribution < -0.4 is 27.5 Å². The van der Waals surface area contributed by atoms with Gasteiger partial charge in [0, 0.05) is 13.0 Å². The van der Waals surface area contributed by atoms with Crippen molar-refractivity contribution >= 4 is 12.1 Å². The third kappa shape index (κ3) is 14.6. The molecule has 0 radical (unpaired) electrons. The van der Waals surface area contributed by atoms with Gasteiger partial charge in [-0.3, -0.25) is 4.79 Å². The van der Waals surface area contributed by atoms with Crippen molar-refractivity contribution in [3.63, 3.8) is 0 Å². The van der Waals surface area contributed by atoms with Gasteiger partial charge in [0.05, 0.1) is 0 Å². The molecule has 7 N–H and O–H groups in total. The van der Waals surface area contributed by atoms with Crippen LogP contribution in [0.4, 0.5) is 4.79 Å². The van der Waals surface area contributed by atoms with Gasteiger partial charge in [0.1, 0.15) is 0 Å². The van der Waals surface area contributed by atoms with E-state index in [1.54, 1.807) is 0 Å². The fourth-order valence-corrected chi connectivity index (χ4v) is 1.24. The van der Waals surface area contributed by atoms with Crippen molar-refractivity contribution in [3.8, 4) is 0 Å². The number of aliphatic carboxylic acids is 1. The number of carboxylic acids is 1. The van der Waals surface area contributed by atoms with Crippen LogP contribution in [0, 0.1) is 0 Å². The highest BCUT2D eigenvalue weighted by atomic mass is 16.4. The molecule has 0 saturated heterocycles. The second kappa shape index (κ2) is 12.0. The lowest BCUT2D eigenvalue weighted by atomic mass is 10.1. The smallest absolute Gasteiger partial charge is 0.420 e. The van der Waals surface area contributed by atoms with Crippen LogP contribution in [0.15, 0.2) is 0 Å². The minimum Gasteiger partial charge on any atom is -0.481 e. The Labute approximate surface area is 105 Å². The van der Waals surface area contributed by atoms with Gasteiger partial charge in [-0.15, -0.1) is 0 Å². The van der Waals surface area contributed by atoms with Crippen LogP contribution in [-0.2, 0) is 4.79 Å². The summed E-state index contributed by atoms with van der Waals surface area (Å²) in [6.07, 6.45) is 3.71. The summed E-state index contributed by atoms with van der Waals surface area (Å²) in [7, 11) is 0. The van der Waals surface area contributed by atoms with E-state index >= 15 is 0 Å². The number of carbonyl (C=O) groups is 2. The molecule has 0 atom stereocenters. The molecule has 18 heavy (non-hydrogen) atoms. The van der Waals surface area contributed by atoms with Crippen molar-refractivity contribution in [2.75, 3.05) is 6.54 Å². The fourth-order valence-electron chi connectivity index (χ4n) is 1.24. The van der Waals surface area contributed by atoms with Crippen LogP contribution in [0.3, 0.4) is 0 Å². The van der Waals surface area contributed by atoms with E-state index < -0.39 is 12.1 Å². The number of hydrogen-bond donors (Lipinski definition) is 7. The van der Waals surface area contributed by atoms with E-state index in [0.29, 0.717) is 0 Å². The van der Waals surface area contributed by atoms with Crippen LogP contribution in [0.25, 0.3) is 0 Å². The van der Waals surface area contributed by atoms with Gasteiger partial charge in [0.15, 0.2) is 0 Å². The summed E-state index contributed by atoms with van der Waals surface area (Å²) in [5, 5.41) is 16.6. The molecule has 0 aromatic rings. The van der Waals surface area contributed by atoms with E-state index in [1.807, 2.05) is 5.43 Å². The first-order valence-electron chi connectivity index (χ1n) is 5.81. The maximum Gasteiger partial charge on any atom is 0.420 e. The standard InChI is InChI=1S/C9H21N5O4/c15-8(16)6-4-2-1-3-5-7-10-12-14-13-11-9(17)18/h10-14H,1-7H2,(H,15,16)(H,17,18). The van der Waals surface area contributed by atoms with Gasteiger partial charge in [-0.1, -0.05) is 19.3 Å². The Morgan fingerprint density at radius 1 is 0.833 bits per heavy atom. The highest BCUT2D eigenvalue weighted by Crippen LogP contribution is 2.04. The maximum atomic E-state index is 10.2. The van der Waals surface area contributed by atoms with Gasteiger partial charge < -0.3 is 10.2 Å². The molecule has 0 saturated carbocycles. The Hall–Kier alpha value is -1.42. The Morgan fingerprint density at radius 2 is 1.50 bits per heavy atom. The second-order valence-electron chi connectivity index (χ2n) is 3.64. The van der Waals surface area contributed by atoms with Crippen LogP contribution in [0.2, 0.25) is 0 Å². The lowest BCUT2D eigenvalue weighted by Gasteiger charge is -2.08. The number of rotatable bonds is 12. The van der Waals surface area contributed by atoms with E-state index in [4.69, 9.17) is 10.2 Å². The highest BCUT2D eigenvalue weighted by molar-refractivity contribution is 5.66. The van der Waals surface area contributed by atoms with Gasteiger partial charge >= 0.3 is 12.1 Å². The Balaban J connectivity index is 2.99. The molecule has 0 aliphatic carbocycles. The Bertz CT molecular complexity index is 215. The normalized spacial score (nSPS) is 10.2. The first kappa shape index (κ1) is 16.6. The van der Waals surface area contributed by atoms with Gasteiger partial charge in [-0.2, -0.15) is 16.6 Å². The van der Waals surface area contributed by atoms with Crippen molar-refractivity contribution < 1.29 is 19.8 Å². The molecule has 1 amide bonds. The van der Waals surface area contributed by atoms with Crippen molar-refractivity contribution in [3.05, 3.63) is 0 Å². The number of amides is 1. The number of carboxylic acid groups (broad SMARTS) is 2. The second-order valence-corrected chi connectivity index (χ2v) is 3.64. The lowest BCUT2D eigenvalue weighted by Crippen LogP contribution is -2.56. The molecule has 9 nitrogen and oxygen atoms in total. The molecule has 0 spiro atoms. The first-order chi connectivity index (χ1) is 8.63. The number of hydrogen-bond acceptors (Lipinski definition) is 6. The molecule has 9 heteroatoms. The fraction of sp³-hybridized carbons (Fsp3) is 0.778. The largest absolute Gasteiger partial charge is 0.481 e. The molecular formula is C9H21N5O4. The molecule has 0 aromatic heterocycles. The zero-order chi connectivity index (χ0) is 13.6. The van der Waals surface area contributed by atoms with Crippen LogP contribution in [-0.4, -0.2) is 28.8 Å². The van der Waals surface area contributed by atoms with Crippen LogP contribution >= 0.6 is 0 Å². The van der Waals surface area contributed by atoms with Gasteiger partial charge in [-0.25, -0.2) is 15.6 Å². The zero-order valence-corrected chi connectivity index (χ0v) is 10.2. The van der Waals surface area contributed by atoms with Crippen molar-refractivity contribution in [2.45, 2.75) is 38.5 Å². The van der Waals surface area contributed by atoms with Gasteiger partial charge in [-0.05, 0) is 12.8 Å². The minimum absolute atomic E-state index is 0.242. The molecule has 0 aliphatic rings. The first-order valence-corrected chi connectivity index (χ1v) is 5.81. The summed E-state index contributed by atoms with van der Waals surface area (Å²) in [6, 6.07) is 0. The van der Waals surface area contributed by atoms with E-state index in [1.165, 1.54) is 0 Å². The molecule has 106 valence electrons. The summed E-state index contributed by atoms with van der Waals surface area (Å²) in [4.78, 5) is 20.2. The molecule has 0 rings (SSSR count). The zero-order valence-electron chi connectivity index (χ0n) is 10.2. The van der Waals surface area contributed by atoms with Crippen LogP contribution in [0.1, 0.15) is 38.5 Å².